The molecular weight excluding hydrogens is 200 g/mol. The molecule has 3 heteroatoms. The second-order valence-electron chi connectivity index (χ2n) is 5.45. The lowest BCUT2D eigenvalue weighted by molar-refractivity contribution is 0.0162. The molecule has 0 aromatic heterocycles. The molecule has 0 radical (unpaired) electrons. The van der Waals surface area contributed by atoms with Crippen LogP contribution in [0.1, 0.15) is 39.5 Å². The van der Waals surface area contributed by atoms with Gasteiger partial charge in [0.05, 0.1) is 6.61 Å². The van der Waals surface area contributed by atoms with Gasteiger partial charge in [-0.3, -0.25) is 0 Å². The molecule has 0 saturated heterocycles. The van der Waals surface area contributed by atoms with Crippen LogP contribution in [-0.2, 0) is 4.74 Å². The maximum absolute atomic E-state index is 6.35. The van der Waals surface area contributed by atoms with Crippen LogP contribution in [0.3, 0.4) is 0 Å². The van der Waals surface area contributed by atoms with Gasteiger partial charge in [-0.25, -0.2) is 0 Å². The number of ether oxygens (including phenoxy) is 1. The largest absolute Gasteiger partial charge is 0.380 e. The number of nitrogens with zero attached hydrogens (tertiary/aromatic N) is 1. The fraction of sp³-hybridized carbons (Fsp3) is 1.00. The van der Waals surface area contributed by atoms with Gasteiger partial charge < -0.3 is 15.4 Å². The third-order valence-electron chi connectivity index (χ3n) is 4.22. The molecule has 0 bridgehead atoms. The Morgan fingerprint density at radius 2 is 1.94 bits per heavy atom. The summed E-state index contributed by atoms with van der Waals surface area (Å²) in [6, 6.07) is 0.134. The van der Waals surface area contributed by atoms with Crippen molar-refractivity contribution < 1.29 is 4.74 Å². The van der Waals surface area contributed by atoms with Crippen LogP contribution < -0.4 is 5.73 Å². The Bertz CT molecular complexity index is 198. The molecule has 0 aromatic rings. The zero-order chi connectivity index (χ0) is 12.2. The lowest BCUT2D eigenvalue weighted by Crippen LogP contribution is -2.60. The molecule has 0 amide bonds. The van der Waals surface area contributed by atoms with E-state index in [1.165, 1.54) is 25.7 Å². The first-order valence-electron chi connectivity index (χ1n) is 6.53. The number of likely N-dealkylation sites (N-methyl/N-ethyl adjacent to an activating group) is 1. The summed E-state index contributed by atoms with van der Waals surface area (Å²) >= 11 is 0. The lowest BCUT2D eigenvalue weighted by atomic mass is 9.72. The second-order valence-corrected chi connectivity index (χ2v) is 5.45. The van der Waals surface area contributed by atoms with Gasteiger partial charge in [0.2, 0.25) is 0 Å². The molecule has 0 aromatic carbocycles. The molecule has 1 atom stereocenters. The topological polar surface area (TPSA) is 38.5 Å². The van der Waals surface area contributed by atoms with Crippen LogP contribution in [0, 0.1) is 5.92 Å². The van der Waals surface area contributed by atoms with Crippen molar-refractivity contribution in [3.63, 3.8) is 0 Å². The van der Waals surface area contributed by atoms with Crippen LogP contribution in [0.2, 0.25) is 0 Å². The van der Waals surface area contributed by atoms with Gasteiger partial charge in [0.1, 0.15) is 0 Å². The first kappa shape index (κ1) is 13.9. The molecule has 96 valence electrons. The zero-order valence-electron chi connectivity index (χ0n) is 11.3. The van der Waals surface area contributed by atoms with E-state index >= 15 is 0 Å². The first-order valence-corrected chi connectivity index (χ1v) is 6.53. The van der Waals surface area contributed by atoms with Crippen molar-refractivity contribution >= 4 is 0 Å². The molecule has 1 aliphatic carbocycles. The van der Waals surface area contributed by atoms with Crippen LogP contribution in [0.15, 0.2) is 0 Å². The molecule has 1 aliphatic rings. The maximum Gasteiger partial charge on any atom is 0.0635 e. The van der Waals surface area contributed by atoms with Gasteiger partial charge in [0, 0.05) is 18.2 Å². The normalized spacial score (nSPS) is 33.0. The minimum Gasteiger partial charge on any atom is -0.380 e. The van der Waals surface area contributed by atoms with E-state index in [1.54, 1.807) is 0 Å². The monoisotopic (exact) mass is 228 g/mol. The van der Waals surface area contributed by atoms with Crippen molar-refractivity contribution in [2.24, 2.45) is 11.7 Å². The number of nitrogens with two attached hydrogens (primary N) is 1. The Kier molecular flexibility index (Phi) is 5.22. The molecular formula is C13H28N2O. The predicted octanol–water partition coefficient (Wildman–Crippen LogP) is 1.86. The highest BCUT2D eigenvalue weighted by molar-refractivity contribution is 5.00. The number of hydrogen-bond donors (Lipinski definition) is 1. The lowest BCUT2D eigenvalue weighted by Gasteiger charge is -2.48. The zero-order valence-corrected chi connectivity index (χ0v) is 11.3. The average molecular weight is 228 g/mol. The van der Waals surface area contributed by atoms with E-state index in [0.717, 1.165) is 12.5 Å². The highest BCUT2D eigenvalue weighted by atomic mass is 16.5. The second kappa shape index (κ2) is 5.99. The fourth-order valence-corrected chi connectivity index (χ4v) is 2.81. The maximum atomic E-state index is 6.35. The highest BCUT2D eigenvalue weighted by Crippen LogP contribution is 2.37. The van der Waals surface area contributed by atoms with Crippen LogP contribution in [0.5, 0.6) is 0 Å². The van der Waals surface area contributed by atoms with Gasteiger partial charge in [-0.1, -0.05) is 6.92 Å². The van der Waals surface area contributed by atoms with E-state index in [1.807, 2.05) is 6.92 Å². The SMILES string of the molecule is CCOCC(N)C1(N(C)C)CCC(C)CC1. The van der Waals surface area contributed by atoms with Crippen molar-refractivity contribution in [2.45, 2.75) is 51.1 Å². The van der Waals surface area contributed by atoms with Crippen LogP contribution in [-0.4, -0.2) is 43.8 Å². The average Bonchev–Trinajstić information content (AvgIpc) is 2.26. The fourth-order valence-electron chi connectivity index (χ4n) is 2.81. The van der Waals surface area contributed by atoms with Gasteiger partial charge in [0.15, 0.2) is 0 Å². The summed E-state index contributed by atoms with van der Waals surface area (Å²) in [6.07, 6.45) is 4.99. The quantitative estimate of drug-likeness (QED) is 0.780. The molecule has 1 rings (SSSR count). The summed E-state index contributed by atoms with van der Waals surface area (Å²) in [5, 5.41) is 0. The van der Waals surface area contributed by atoms with E-state index in [0.29, 0.717) is 6.61 Å². The Morgan fingerprint density at radius 3 is 2.38 bits per heavy atom. The molecule has 0 aliphatic heterocycles. The van der Waals surface area contributed by atoms with Gasteiger partial charge >= 0.3 is 0 Å². The minimum atomic E-state index is 0.134. The molecule has 1 unspecified atom stereocenters. The molecule has 0 heterocycles. The van der Waals surface area contributed by atoms with Crippen molar-refractivity contribution in [2.75, 3.05) is 27.3 Å². The highest BCUT2D eigenvalue weighted by Gasteiger charge is 2.41. The standard InChI is InChI=1S/C13H28N2O/c1-5-16-10-12(14)13(15(3)4)8-6-11(2)7-9-13/h11-12H,5-10,14H2,1-4H3. The Morgan fingerprint density at radius 1 is 1.38 bits per heavy atom. The molecule has 1 saturated carbocycles. The summed E-state index contributed by atoms with van der Waals surface area (Å²) in [5.41, 5.74) is 6.50. The summed E-state index contributed by atoms with van der Waals surface area (Å²) in [5.74, 6) is 0.854. The minimum absolute atomic E-state index is 0.134. The Labute approximate surface area is 100 Å². The van der Waals surface area contributed by atoms with Crippen molar-refractivity contribution in [3.8, 4) is 0 Å². The molecule has 2 N–H and O–H groups in total. The van der Waals surface area contributed by atoms with Gasteiger partial charge in [0.25, 0.3) is 0 Å². The van der Waals surface area contributed by atoms with Crippen molar-refractivity contribution in [1.82, 2.24) is 4.90 Å². The molecule has 3 nitrogen and oxygen atoms in total. The predicted molar refractivity (Wildman–Crippen MR) is 68.5 cm³/mol. The van der Waals surface area contributed by atoms with Crippen molar-refractivity contribution in [3.05, 3.63) is 0 Å². The third kappa shape index (κ3) is 2.96. The van der Waals surface area contributed by atoms with E-state index in [4.69, 9.17) is 10.5 Å². The molecule has 1 fully saturated rings. The number of rotatable bonds is 5. The van der Waals surface area contributed by atoms with Crippen molar-refractivity contribution in [1.29, 1.82) is 0 Å². The third-order valence-corrected chi connectivity index (χ3v) is 4.22. The van der Waals surface area contributed by atoms with Gasteiger partial charge in [-0.2, -0.15) is 0 Å². The molecule has 16 heavy (non-hydrogen) atoms. The van der Waals surface area contributed by atoms with Gasteiger partial charge in [-0.15, -0.1) is 0 Å². The van der Waals surface area contributed by atoms with Crippen LogP contribution in [0.4, 0.5) is 0 Å². The summed E-state index contributed by atoms with van der Waals surface area (Å²) in [6.45, 7) is 5.81. The van der Waals surface area contributed by atoms with Crippen LogP contribution in [0.25, 0.3) is 0 Å². The summed E-state index contributed by atoms with van der Waals surface area (Å²) < 4.78 is 5.50. The van der Waals surface area contributed by atoms with E-state index in [-0.39, 0.29) is 11.6 Å². The summed E-state index contributed by atoms with van der Waals surface area (Å²) in [7, 11) is 4.31. The van der Waals surface area contributed by atoms with E-state index in [2.05, 4.69) is 25.9 Å². The Balaban J connectivity index is 2.65. The van der Waals surface area contributed by atoms with Gasteiger partial charge in [-0.05, 0) is 52.6 Å². The van der Waals surface area contributed by atoms with E-state index < -0.39 is 0 Å². The Hall–Kier alpha value is -0.120. The first-order chi connectivity index (χ1) is 7.53. The van der Waals surface area contributed by atoms with Crippen LogP contribution >= 0.6 is 0 Å². The molecule has 0 spiro atoms. The number of hydrogen-bond acceptors (Lipinski definition) is 3. The van der Waals surface area contributed by atoms with E-state index in [9.17, 15) is 0 Å². The smallest absolute Gasteiger partial charge is 0.0635 e. The summed E-state index contributed by atoms with van der Waals surface area (Å²) in [4.78, 5) is 2.32.